The molecule has 4 atom stereocenters. The monoisotopic (exact) mass is 287 g/mol. The Kier molecular flexibility index (Phi) is 3.17. The van der Waals surface area contributed by atoms with Crippen LogP contribution in [0.15, 0.2) is 42.5 Å². The number of thioether (sulfide) groups is 1. The van der Waals surface area contributed by atoms with Crippen molar-refractivity contribution in [1.82, 2.24) is 4.90 Å². The summed E-state index contributed by atoms with van der Waals surface area (Å²) in [6, 6.07) is 11.5. The van der Waals surface area contributed by atoms with E-state index in [0.29, 0.717) is 17.6 Å². The number of allylic oxidation sites excluding steroid dienone is 1. The molecule has 2 saturated heterocycles. The van der Waals surface area contributed by atoms with Crippen molar-refractivity contribution in [2.45, 2.75) is 49.4 Å². The Balaban J connectivity index is 1.68. The molecule has 3 fully saturated rings. The second-order valence-corrected chi connectivity index (χ2v) is 7.09. The van der Waals surface area contributed by atoms with Crippen LogP contribution in [-0.4, -0.2) is 28.5 Å². The molecule has 0 spiro atoms. The topological polar surface area (TPSA) is 12.5 Å². The van der Waals surface area contributed by atoms with Gasteiger partial charge >= 0.3 is 0 Å². The maximum absolute atomic E-state index is 6.51. The zero-order valence-corrected chi connectivity index (χ0v) is 12.7. The molecule has 0 aromatic heterocycles. The predicted octanol–water partition coefficient (Wildman–Crippen LogP) is 3.96. The fourth-order valence-electron chi connectivity index (χ4n) is 4.13. The molecule has 3 heteroatoms. The molecule has 0 bridgehead atoms. The molecule has 0 N–H and O–H groups in total. The minimum atomic E-state index is -0.00652. The first kappa shape index (κ1) is 12.9. The van der Waals surface area contributed by atoms with Crippen molar-refractivity contribution in [3.8, 4) is 0 Å². The van der Waals surface area contributed by atoms with Crippen molar-refractivity contribution in [2.24, 2.45) is 0 Å². The minimum absolute atomic E-state index is 0.00652. The summed E-state index contributed by atoms with van der Waals surface area (Å²) >= 11 is 2.03. The van der Waals surface area contributed by atoms with E-state index >= 15 is 0 Å². The number of benzene rings is 1. The Hall–Kier alpha value is -0.770. The average Bonchev–Trinajstić information content (AvgIpc) is 3.09. The van der Waals surface area contributed by atoms with Crippen molar-refractivity contribution >= 4 is 11.8 Å². The molecule has 1 aliphatic carbocycles. The Morgan fingerprint density at radius 3 is 3.00 bits per heavy atom. The van der Waals surface area contributed by atoms with Crippen LogP contribution in [0.2, 0.25) is 0 Å². The van der Waals surface area contributed by atoms with Crippen LogP contribution in [0.3, 0.4) is 0 Å². The van der Waals surface area contributed by atoms with E-state index in [2.05, 4.69) is 54.3 Å². The van der Waals surface area contributed by atoms with Gasteiger partial charge in [0.25, 0.3) is 0 Å². The molecule has 1 aromatic rings. The van der Waals surface area contributed by atoms with E-state index < -0.39 is 0 Å². The lowest BCUT2D eigenvalue weighted by molar-refractivity contribution is -0.0184. The molecule has 0 amide bonds. The first-order chi connectivity index (χ1) is 9.84. The third kappa shape index (κ3) is 1.80. The maximum atomic E-state index is 6.51. The van der Waals surface area contributed by atoms with E-state index in [9.17, 15) is 0 Å². The largest absolute Gasteiger partial charge is 0.350 e. The van der Waals surface area contributed by atoms with Gasteiger partial charge in [-0.2, -0.15) is 0 Å². The van der Waals surface area contributed by atoms with E-state index in [0.717, 1.165) is 5.75 Å². The van der Waals surface area contributed by atoms with E-state index in [1.54, 1.807) is 0 Å². The highest BCUT2D eigenvalue weighted by Crippen LogP contribution is 2.55. The summed E-state index contributed by atoms with van der Waals surface area (Å²) in [5.74, 6) is 1.09. The van der Waals surface area contributed by atoms with Gasteiger partial charge in [0, 0.05) is 11.8 Å². The molecule has 106 valence electrons. The SMILES string of the molecule is C/C=C/[C@]12CCC[C@H]1N1[C@H](CS[C@@H]1c1ccccc1)O2. The lowest BCUT2D eigenvalue weighted by Crippen LogP contribution is -2.40. The van der Waals surface area contributed by atoms with Crippen LogP contribution >= 0.6 is 11.8 Å². The molecule has 0 unspecified atom stereocenters. The average molecular weight is 287 g/mol. The quantitative estimate of drug-likeness (QED) is 0.764. The maximum Gasteiger partial charge on any atom is 0.122 e. The van der Waals surface area contributed by atoms with Gasteiger partial charge in [0.05, 0.1) is 5.37 Å². The molecule has 20 heavy (non-hydrogen) atoms. The van der Waals surface area contributed by atoms with Crippen LogP contribution in [0.25, 0.3) is 0 Å². The first-order valence-corrected chi connectivity index (χ1v) is 8.64. The van der Waals surface area contributed by atoms with Crippen molar-refractivity contribution in [3.63, 3.8) is 0 Å². The van der Waals surface area contributed by atoms with Gasteiger partial charge in [-0.05, 0) is 31.7 Å². The number of rotatable bonds is 2. The molecule has 1 saturated carbocycles. The third-order valence-corrected chi connectivity index (χ3v) is 6.17. The Morgan fingerprint density at radius 1 is 1.35 bits per heavy atom. The number of nitrogens with zero attached hydrogens (tertiary/aromatic N) is 1. The molecular formula is C17H21NOS. The fraction of sp³-hybridized carbons (Fsp3) is 0.529. The van der Waals surface area contributed by atoms with Crippen LogP contribution < -0.4 is 0 Å². The summed E-state index contributed by atoms with van der Waals surface area (Å²) < 4.78 is 6.51. The van der Waals surface area contributed by atoms with Crippen LogP contribution in [-0.2, 0) is 4.74 Å². The number of fused-ring (bicyclic) bond motifs is 3. The first-order valence-electron chi connectivity index (χ1n) is 7.60. The van der Waals surface area contributed by atoms with Gasteiger partial charge < -0.3 is 4.74 Å². The van der Waals surface area contributed by atoms with Gasteiger partial charge in [-0.25, -0.2) is 0 Å². The normalized spacial score (nSPS) is 40.4. The van der Waals surface area contributed by atoms with Crippen LogP contribution in [0.1, 0.15) is 37.1 Å². The highest BCUT2D eigenvalue weighted by molar-refractivity contribution is 7.99. The van der Waals surface area contributed by atoms with Gasteiger partial charge in [0.15, 0.2) is 0 Å². The summed E-state index contributed by atoms with van der Waals surface area (Å²) in [5.41, 5.74) is 1.42. The third-order valence-electron chi connectivity index (χ3n) is 4.86. The summed E-state index contributed by atoms with van der Waals surface area (Å²) in [5, 5.41) is 0.469. The highest BCUT2D eigenvalue weighted by Gasteiger charge is 2.58. The van der Waals surface area contributed by atoms with Crippen molar-refractivity contribution in [3.05, 3.63) is 48.0 Å². The molecule has 1 aromatic carbocycles. The van der Waals surface area contributed by atoms with Crippen LogP contribution in [0, 0.1) is 0 Å². The molecule has 4 rings (SSSR count). The zero-order valence-electron chi connectivity index (χ0n) is 11.9. The highest BCUT2D eigenvalue weighted by atomic mass is 32.2. The summed E-state index contributed by atoms with van der Waals surface area (Å²) in [4.78, 5) is 2.65. The van der Waals surface area contributed by atoms with Crippen molar-refractivity contribution < 1.29 is 4.74 Å². The van der Waals surface area contributed by atoms with Gasteiger partial charge in [-0.15, -0.1) is 11.8 Å². The van der Waals surface area contributed by atoms with E-state index in [4.69, 9.17) is 4.74 Å². The minimum Gasteiger partial charge on any atom is -0.350 e. The standard InChI is InChI=1S/C17H21NOS/c1-2-10-17-11-6-9-14(17)18-15(19-17)12-20-16(18)13-7-4-3-5-8-13/h2-5,7-8,10,14-16H,6,9,11-12H2,1H3/b10-2+/t14-,15+,16-,17+/m1/s1. The molecule has 2 nitrogen and oxygen atoms in total. The molecule has 0 radical (unpaired) electrons. The van der Waals surface area contributed by atoms with Gasteiger partial charge in [-0.3, -0.25) is 4.90 Å². The smallest absolute Gasteiger partial charge is 0.122 e. The number of hydrogen-bond donors (Lipinski definition) is 0. The molecule has 2 heterocycles. The van der Waals surface area contributed by atoms with Crippen LogP contribution in [0.4, 0.5) is 0 Å². The van der Waals surface area contributed by atoms with E-state index in [1.165, 1.54) is 24.8 Å². The van der Waals surface area contributed by atoms with Crippen molar-refractivity contribution in [2.75, 3.05) is 5.75 Å². The van der Waals surface area contributed by atoms with Gasteiger partial charge in [0.2, 0.25) is 0 Å². The van der Waals surface area contributed by atoms with Crippen molar-refractivity contribution in [1.29, 1.82) is 0 Å². The zero-order chi connectivity index (χ0) is 13.6. The lowest BCUT2D eigenvalue weighted by atomic mass is 9.96. The number of hydrogen-bond acceptors (Lipinski definition) is 3. The van der Waals surface area contributed by atoms with Gasteiger partial charge in [0.1, 0.15) is 11.8 Å². The Bertz CT molecular complexity index is 517. The molecule has 3 aliphatic rings. The van der Waals surface area contributed by atoms with Crippen LogP contribution in [0.5, 0.6) is 0 Å². The molecular weight excluding hydrogens is 266 g/mol. The Morgan fingerprint density at radius 2 is 2.20 bits per heavy atom. The summed E-state index contributed by atoms with van der Waals surface area (Å²) in [6.07, 6.45) is 8.52. The second kappa shape index (κ2) is 4.90. The predicted molar refractivity (Wildman–Crippen MR) is 83.5 cm³/mol. The molecule has 2 aliphatic heterocycles. The van der Waals surface area contributed by atoms with Gasteiger partial charge in [-0.1, -0.05) is 42.5 Å². The summed E-state index contributed by atoms with van der Waals surface area (Å²) in [7, 11) is 0. The number of ether oxygens (including phenoxy) is 1. The summed E-state index contributed by atoms with van der Waals surface area (Å²) in [6.45, 7) is 2.11. The van der Waals surface area contributed by atoms with E-state index in [1.807, 2.05) is 11.8 Å². The Labute approximate surface area is 125 Å². The van der Waals surface area contributed by atoms with E-state index in [-0.39, 0.29) is 5.60 Å². The fourth-order valence-corrected chi connectivity index (χ4v) is 5.52. The second-order valence-electron chi connectivity index (χ2n) is 5.98. The lowest BCUT2D eigenvalue weighted by Gasteiger charge is -2.30.